The van der Waals surface area contributed by atoms with Crippen molar-refractivity contribution in [2.24, 2.45) is 0 Å². The van der Waals surface area contributed by atoms with Crippen molar-refractivity contribution >= 4 is 17.4 Å². The van der Waals surface area contributed by atoms with E-state index >= 15 is 0 Å². The second kappa shape index (κ2) is 6.90. The summed E-state index contributed by atoms with van der Waals surface area (Å²) in [6.07, 6.45) is 3.38. The van der Waals surface area contributed by atoms with Gasteiger partial charge in [-0.05, 0) is 26.2 Å². The number of rotatable bonds is 7. The lowest BCUT2D eigenvalue weighted by atomic mass is 9.95. The maximum absolute atomic E-state index is 9.11. The van der Waals surface area contributed by atoms with Gasteiger partial charge < -0.3 is 10.4 Å². The zero-order valence-corrected chi connectivity index (χ0v) is 12.1. The van der Waals surface area contributed by atoms with E-state index in [0.717, 1.165) is 30.9 Å². The minimum Gasteiger partial charge on any atom is -0.396 e. The number of aliphatic hydroxyl groups excluding tert-OH is 1. The molecule has 0 aliphatic heterocycles. The molecule has 0 aromatic carbocycles. The Morgan fingerprint density at radius 1 is 1.39 bits per heavy atom. The van der Waals surface area contributed by atoms with Gasteiger partial charge in [0.05, 0.1) is 0 Å². The highest BCUT2D eigenvalue weighted by Gasteiger charge is 2.21. The lowest BCUT2D eigenvalue weighted by Gasteiger charge is -2.29. The average molecular weight is 272 g/mol. The molecule has 1 heterocycles. The van der Waals surface area contributed by atoms with Crippen molar-refractivity contribution in [3.8, 4) is 0 Å². The lowest BCUT2D eigenvalue weighted by Crippen LogP contribution is -2.35. The van der Waals surface area contributed by atoms with E-state index in [9.17, 15) is 0 Å². The van der Waals surface area contributed by atoms with Gasteiger partial charge in [-0.25, -0.2) is 9.97 Å². The van der Waals surface area contributed by atoms with Gasteiger partial charge in [-0.15, -0.1) is 0 Å². The van der Waals surface area contributed by atoms with Crippen LogP contribution in [0.1, 0.15) is 45.9 Å². The predicted molar refractivity (Wildman–Crippen MR) is 75.1 cm³/mol. The molecule has 18 heavy (non-hydrogen) atoms. The van der Waals surface area contributed by atoms with Crippen LogP contribution in [-0.4, -0.2) is 27.2 Å². The van der Waals surface area contributed by atoms with E-state index in [4.69, 9.17) is 16.7 Å². The van der Waals surface area contributed by atoms with Crippen molar-refractivity contribution in [2.75, 3.05) is 11.9 Å². The van der Waals surface area contributed by atoms with E-state index in [-0.39, 0.29) is 12.1 Å². The topological polar surface area (TPSA) is 58.0 Å². The Kier molecular flexibility index (Phi) is 5.82. The summed E-state index contributed by atoms with van der Waals surface area (Å²) in [6.45, 7) is 6.38. The molecule has 102 valence electrons. The number of nitrogens with one attached hydrogen (secondary N) is 1. The maximum atomic E-state index is 9.11. The SMILES string of the molecule is CCCc1nc(Cl)cc(NC(C)(CC)CCO)n1. The van der Waals surface area contributed by atoms with Crippen LogP contribution in [0.4, 0.5) is 5.82 Å². The number of aryl methyl sites for hydroxylation is 1. The van der Waals surface area contributed by atoms with Crippen LogP contribution in [0.5, 0.6) is 0 Å². The molecule has 0 saturated heterocycles. The fourth-order valence-corrected chi connectivity index (χ4v) is 1.95. The Labute approximate surface area is 114 Å². The number of aromatic nitrogens is 2. The average Bonchev–Trinajstić information content (AvgIpc) is 2.28. The smallest absolute Gasteiger partial charge is 0.134 e. The monoisotopic (exact) mass is 271 g/mol. The van der Waals surface area contributed by atoms with Gasteiger partial charge in [0.25, 0.3) is 0 Å². The summed E-state index contributed by atoms with van der Waals surface area (Å²) in [6, 6.07) is 1.73. The molecule has 1 aromatic rings. The number of halogens is 1. The number of hydrogen-bond acceptors (Lipinski definition) is 4. The Morgan fingerprint density at radius 2 is 2.11 bits per heavy atom. The Hall–Kier alpha value is -0.870. The van der Waals surface area contributed by atoms with Crippen molar-refractivity contribution in [1.29, 1.82) is 0 Å². The predicted octanol–water partition coefficient (Wildman–Crippen LogP) is 3.05. The molecule has 0 fully saturated rings. The second-order valence-electron chi connectivity index (χ2n) is 4.75. The molecule has 0 aliphatic carbocycles. The molecule has 0 amide bonds. The summed E-state index contributed by atoms with van der Waals surface area (Å²) in [4.78, 5) is 8.64. The van der Waals surface area contributed by atoms with Gasteiger partial charge in [0.1, 0.15) is 16.8 Å². The molecule has 4 nitrogen and oxygen atoms in total. The summed E-state index contributed by atoms with van der Waals surface area (Å²) in [5.41, 5.74) is -0.171. The Bertz CT molecular complexity index is 386. The second-order valence-corrected chi connectivity index (χ2v) is 5.14. The Morgan fingerprint density at radius 3 is 2.67 bits per heavy atom. The fourth-order valence-electron chi connectivity index (χ4n) is 1.75. The van der Waals surface area contributed by atoms with Gasteiger partial charge in [0, 0.05) is 24.6 Å². The van der Waals surface area contributed by atoms with Gasteiger partial charge >= 0.3 is 0 Å². The molecule has 5 heteroatoms. The number of aliphatic hydroxyl groups is 1. The van der Waals surface area contributed by atoms with Crippen LogP contribution in [0.25, 0.3) is 0 Å². The molecule has 0 radical (unpaired) electrons. The molecule has 0 saturated carbocycles. The van der Waals surface area contributed by atoms with E-state index in [1.165, 1.54) is 0 Å². The summed E-state index contributed by atoms with van der Waals surface area (Å²) in [5, 5.41) is 12.9. The standard InChI is InChI=1S/C13H22ClN3O/c1-4-6-11-15-10(14)9-12(16-11)17-13(3,5-2)7-8-18/h9,18H,4-8H2,1-3H3,(H,15,16,17). The molecule has 0 bridgehead atoms. The van der Waals surface area contributed by atoms with Crippen LogP contribution in [0, 0.1) is 0 Å². The van der Waals surface area contributed by atoms with Gasteiger partial charge in [-0.3, -0.25) is 0 Å². The first-order valence-corrected chi connectivity index (χ1v) is 6.83. The largest absolute Gasteiger partial charge is 0.396 e. The molecule has 1 atom stereocenters. The first kappa shape index (κ1) is 15.2. The first-order valence-electron chi connectivity index (χ1n) is 6.45. The quantitative estimate of drug-likeness (QED) is 0.749. The molecule has 1 rings (SSSR count). The van der Waals surface area contributed by atoms with Crippen LogP contribution in [-0.2, 0) is 6.42 Å². The van der Waals surface area contributed by atoms with Gasteiger partial charge in [-0.1, -0.05) is 25.4 Å². The highest BCUT2D eigenvalue weighted by atomic mass is 35.5. The third kappa shape index (κ3) is 4.42. The van der Waals surface area contributed by atoms with Crippen molar-refractivity contribution in [3.05, 3.63) is 17.0 Å². The number of anilines is 1. The molecule has 0 aliphatic rings. The van der Waals surface area contributed by atoms with Crippen LogP contribution in [0.3, 0.4) is 0 Å². The third-order valence-corrected chi connectivity index (χ3v) is 3.28. The lowest BCUT2D eigenvalue weighted by molar-refractivity contribution is 0.252. The summed E-state index contributed by atoms with van der Waals surface area (Å²) >= 11 is 5.99. The van der Waals surface area contributed by atoms with Gasteiger partial charge in [0.2, 0.25) is 0 Å². The highest BCUT2D eigenvalue weighted by molar-refractivity contribution is 6.29. The molecule has 1 aromatic heterocycles. The summed E-state index contributed by atoms with van der Waals surface area (Å²) < 4.78 is 0. The molecular weight excluding hydrogens is 250 g/mol. The van der Waals surface area contributed by atoms with Crippen LogP contribution in [0.2, 0.25) is 5.15 Å². The number of hydrogen-bond donors (Lipinski definition) is 2. The molecule has 1 unspecified atom stereocenters. The zero-order valence-electron chi connectivity index (χ0n) is 11.3. The van der Waals surface area contributed by atoms with Gasteiger partial charge in [0.15, 0.2) is 0 Å². The van der Waals surface area contributed by atoms with Crippen LogP contribution < -0.4 is 5.32 Å². The van der Waals surface area contributed by atoms with Crippen LogP contribution >= 0.6 is 11.6 Å². The summed E-state index contributed by atoms with van der Waals surface area (Å²) in [7, 11) is 0. The third-order valence-electron chi connectivity index (χ3n) is 3.09. The van der Waals surface area contributed by atoms with Crippen LogP contribution in [0.15, 0.2) is 6.07 Å². The van der Waals surface area contributed by atoms with Crippen molar-refractivity contribution in [1.82, 2.24) is 9.97 Å². The van der Waals surface area contributed by atoms with E-state index < -0.39 is 0 Å². The van der Waals surface area contributed by atoms with E-state index in [1.807, 2.05) is 0 Å². The minimum atomic E-state index is -0.171. The molecular formula is C13H22ClN3O. The fraction of sp³-hybridized carbons (Fsp3) is 0.692. The first-order chi connectivity index (χ1) is 8.53. The summed E-state index contributed by atoms with van der Waals surface area (Å²) in [5.74, 6) is 1.49. The normalized spacial score (nSPS) is 14.3. The van der Waals surface area contributed by atoms with Crippen molar-refractivity contribution < 1.29 is 5.11 Å². The van der Waals surface area contributed by atoms with E-state index in [1.54, 1.807) is 6.07 Å². The zero-order chi connectivity index (χ0) is 13.6. The van der Waals surface area contributed by atoms with Gasteiger partial charge in [-0.2, -0.15) is 0 Å². The maximum Gasteiger partial charge on any atom is 0.134 e. The Balaban J connectivity index is 2.88. The van der Waals surface area contributed by atoms with E-state index in [2.05, 4.69) is 36.1 Å². The highest BCUT2D eigenvalue weighted by Crippen LogP contribution is 2.22. The minimum absolute atomic E-state index is 0.151. The van der Waals surface area contributed by atoms with E-state index in [0.29, 0.717) is 11.6 Å². The van der Waals surface area contributed by atoms with Crippen molar-refractivity contribution in [3.63, 3.8) is 0 Å². The molecule has 0 spiro atoms. The van der Waals surface area contributed by atoms with Crippen molar-refractivity contribution in [2.45, 2.75) is 52.0 Å². The number of nitrogens with zero attached hydrogens (tertiary/aromatic N) is 2. The molecule has 2 N–H and O–H groups in total.